The highest BCUT2D eigenvalue weighted by Gasteiger charge is 2.47. The topological polar surface area (TPSA) is 105 Å². The molecule has 1 aliphatic rings. The molecule has 1 aliphatic carbocycles. The molecule has 1 saturated carbocycles. The molecule has 0 atom stereocenters. The second kappa shape index (κ2) is 11.2. The van der Waals surface area contributed by atoms with E-state index in [1.165, 1.54) is 12.1 Å². The van der Waals surface area contributed by atoms with Crippen LogP contribution in [0.1, 0.15) is 51.2 Å². The van der Waals surface area contributed by atoms with Gasteiger partial charge in [0.15, 0.2) is 12.4 Å². The molecule has 0 saturated heterocycles. The summed E-state index contributed by atoms with van der Waals surface area (Å²) in [6, 6.07) is 22.6. The van der Waals surface area contributed by atoms with Crippen LogP contribution in [-0.4, -0.2) is 30.3 Å². The third-order valence-electron chi connectivity index (χ3n) is 8.04. The summed E-state index contributed by atoms with van der Waals surface area (Å²) in [5.74, 6) is -0.125. The van der Waals surface area contributed by atoms with E-state index in [0.29, 0.717) is 39.2 Å². The quantitative estimate of drug-likeness (QED) is 0.187. The molecule has 0 unspecified atom stereocenters. The Morgan fingerprint density at radius 3 is 2.51 bits per heavy atom. The van der Waals surface area contributed by atoms with Gasteiger partial charge in [-0.2, -0.15) is 5.26 Å². The molecule has 43 heavy (non-hydrogen) atoms. The van der Waals surface area contributed by atoms with Crippen molar-refractivity contribution in [2.24, 2.45) is 0 Å². The predicted octanol–water partition coefficient (Wildman–Crippen LogP) is 7.18. The minimum absolute atomic E-state index is 0.0913. The number of halogens is 1. The number of pyridine rings is 1. The molecular formula is C35H28FN3O4. The first-order valence-corrected chi connectivity index (χ1v) is 14.0. The maximum atomic E-state index is 13.8. The van der Waals surface area contributed by atoms with Gasteiger partial charge in [-0.1, -0.05) is 12.1 Å². The number of hydrogen-bond donors (Lipinski definition) is 1. The second-order valence-corrected chi connectivity index (χ2v) is 10.8. The third kappa shape index (κ3) is 5.26. The number of hydrogen-bond acceptors (Lipinski definition) is 6. The lowest BCUT2D eigenvalue weighted by Gasteiger charge is -2.17. The molecule has 0 bridgehead atoms. The lowest BCUT2D eigenvalue weighted by molar-refractivity contribution is 0.0956. The highest BCUT2D eigenvalue weighted by molar-refractivity contribution is 6.12. The van der Waals surface area contributed by atoms with Crippen molar-refractivity contribution in [3.63, 3.8) is 0 Å². The Morgan fingerprint density at radius 1 is 1.07 bits per heavy atom. The maximum absolute atomic E-state index is 13.8. The van der Waals surface area contributed by atoms with Crippen LogP contribution in [-0.2, 0) is 5.41 Å². The number of nitriles is 1. The van der Waals surface area contributed by atoms with Gasteiger partial charge in [-0.3, -0.25) is 14.6 Å². The second-order valence-electron chi connectivity index (χ2n) is 10.8. The summed E-state index contributed by atoms with van der Waals surface area (Å²) in [4.78, 5) is 31.4. The van der Waals surface area contributed by atoms with Crippen molar-refractivity contribution < 1.29 is 23.1 Å². The number of rotatable bonds is 9. The van der Waals surface area contributed by atoms with Crippen molar-refractivity contribution in [3.8, 4) is 34.3 Å². The lowest BCUT2D eigenvalue weighted by atomic mass is 9.89. The zero-order chi connectivity index (χ0) is 30.1. The molecule has 2 aromatic heterocycles. The first-order chi connectivity index (χ1) is 20.8. The van der Waals surface area contributed by atoms with Crippen LogP contribution in [0.15, 0.2) is 83.4 Å². The van der Waals surface area contributed by atoms with Gasteiger partial charge in [0.25, 0.3) is 5.91 Å². The summed E-state index contributed by atoms with van der Waals surface area (Å²) in [6.45, 7) is 1.72. The van der Waals surface area contributed by atoms with Crippen molar-refractivity contribution in [2.45, 2.75) is 31.6 Å². The van der Waals surface area contributed by atoms with Gasteiger partial charge in [0.1, 0.15) is 29.0 Å². The van der Waals surface area contributed by atoms with Crippen molar-refractivity contribution in [3.05, 3.63) is 107 Å². The number of ketones is 1. The number of nitrogens with zero attached hydrogens (tertiary/aromatic N) is 2. The van der Waals surface area contributed by atoms with E-state index < -0.39 is 0 Å². The van der Waals surface area contributed by atoms with E-state index in [-0.39, 0.29) is 36.0 Å². The Labute approximate surface area is 247 Å². The van der Waals surface area contributed by atoms with Gasteiger partial charge in [-0.25, -0.2) is 4.39 Å². The molecule has 0 radical (unpaired) electrons. The molecule has 1 N–H and O–H groups in total. The van der Waals surface area contributed by atoms with E-state index in [4.69, 9.17) is 14.4 Å². The number of carbonyl (C=O) groups is 2. The van der Waals surface area contributed by atoms with Crippen LogP contribution < -0.4 is 10.1 Å². The van der Waals surface area contributed by atoms with E-state index in [2.05, 4.69) is 10.3 Å². The molecule has 1 amide bonds. The zero-order valence-electron chi connectivity index (χ0n) is 23.7. The lowest BCUT2D eigenvalue weighted by Crippen LogP contribution is -2.18. The summed E-state index contributed by atoms with van der Waals surface area (Å²) in [5, 5.41) is 12.4. The van der Waals surface area contributed by atoms with Gasteiger partial charge in [0.05, 0.1) is 11.1 Å². The number of Topliss-reactive ketones (excluding diaryl/α,β-unsaturated/α-hetero) is 1. The standard InChI is InChI=1S/C35H28FN3O4/c1-21-17-30(42-16-14-37)26(28(40)20-35(12-13-35)31-5-3-4-15-39-31)19-25(21)23-8-11-29-27(18-23)32(34(41)38-2)33(43-29)22-6-9-24(36)10-7-22/h3-11,15,17-19H,12-13,16,20H2,1-2H3,(H,38,41). The van der Waals surface area contributed by atoms with Crippen LogP contribution in [0.25, 0.3) is 33.4 Å². The first-order valence-electron chi connectivity index (χ1n) is 14.0. The molecule has 8 heteroatoms. The van der Waals surface area contributed by atoms with Crippen molar-refractivity contribution in [1.29, 1.82) is 5.26 Å². The smallest absolute Gasteiger partial charge is 0.255 e. The molecule has 6 rings (SSSR count). The Hall–Kier alpha value is -5.29. The van der Waals surface area contributed by atoms with Crippen LogP contribution in [0.4, 0.5) is 4.39 Å². The number of amides is 1. The fraction of sp³-hybridized carbons (Fsp3) is 0.200. The SMILES string of the molecule is CNC(=O)c1c(-c2ccc(F)cc2)oc2ccc(-c3cc(C(=O)CC4(c5ccccn5)CC4)c(OCC#N)cc3C)cc12. The Balaban J connectivity index is 1.44. The zero-order valence-corrected chi connectivity index (χ0v) is 23.7. The van der Waals surface area contributed by atoms with Crippen LogP contribution in [0.5, 0.6) is 5.75 Å². The molecule has 214 valence electrons. The van der Waals surface area contributed by atoms with E-state index in [1.807, 2.05) is 43.3 Å². The monoisotopic (exact) mass is 573 g/mol. The van der Waals surface area contributed by atoms with Crippen LogP contribution >= 0.6 is 0 Å². The van der Waals surface area contributed by atoms with Crippen LogP contribution in [0.2, 0.25) is 0 Å². The number of nitrogens with one attached hydrogen (secondary N) is 1. The number of aromatic nitrogens is 1. The van der Waals surface area contributed by atoms with Crippen molar-refractivity contribution in [1.82, 2.24) is 10.3 Å². The van der Waals surface area contributed by atoms with E-state index in [0.717, 1.165) is 35.2 Å². The molecule has 3 aromatic carbocycles. The number of fused-ring (bicyclic) bond motifs is 1. The molecular weight excluding hydrogens is 545 g/mol. The molecule has 0 aliphatic heterocycles. The van der Waals surface area contributed by atoms with Gasteiger partial charge in [-0.15, -0.1) is 0 Å². The summed E-state index contributed by atoms with van der Waals surface area (Å²) >= 11 is 0. The number of furan rings is 1. The largest absolute Gasteiger partial charge is 0.478 e. The van der Waals surface area contributed by atoms with E-state index in [9.17, 15) is 14.0 Å². The van der Waals surface area contributed by atoms with Crippen molar-refractivity contribution in [2.75, 3.05) is 13.7 Å². The molecule has 5 aromatic rings. The first kappa shape index (κ1) is 27.9. The Bertz CT molecular complexity index is 1900. The van der Waals surface area contributed by atoms with Gasteiger partial charge in [0, 0.05) is 41.7 Å². The third-order valence-corrected chi connectivity index (χ3v) is 8.04. The average Bonchev–Trinajstić information content (AvgIpc) is 3.71. The average molecular weight is 574 g/mol. The summed E-state index contributed by atoms with van der Waals surface area (Å²) in [7, 11) is 1.54. The van der Waals surface area contributed by atoms with Gasteiger partial charge in [-0.05, 0) is 97.1 Å². The Kier molecular flexibility index (Phi) is 7.24. The Morgan fingerprint density at radius 2 is 1.84 bits per heavy atom. The fourth-order valence-corrected chi connectivity index (χ4v) is 5.61. The maximum Gasteiger partial charge on any atom is 0.255 e. The van der Waals surface area contributed by atoms with Gasteiger partial charge >= 0.3 is 0 Å². The normalized spacial score (nSPS) is 13.3. The molecule has 2 heterocycles. The summed E-state index contributed by atoms with van der Waals surface area (Å²) in [5.41, 5.74) is 4.78. The van der Waals surface area contributed by atoms with Crippen LogP contribution in [0.3, 0.4) is 0 Å². The highest BCUT2D eigenvalue weighted by atomic mass is 19.1. The van der Waals surface area contributed by atoms with Crippen LogP contribution in [0, 0.1) is 24.1 Å². The predicted molar refractivity (Wildman–Crippen MR) is 160 cm³/mol. The summed E-state index contributed by atoms with van der Waals surface area (Å²) < 4.78 is 25.4. The minimum Gasteiger partial charge on any atom is -0.478 e. The molecule has 0 spiro atoms. The van der Waals surface area contributed by atoms with Gasteiger partial charge in [0.2, 0.25) is 0 Å². The number of benzene rings is 3. The molecule has 7 nitrogen and oxygen atoms in total. The number of ether oxygens (including phenoxy) is 1. The van der Waals surface area contributed by atoms with Crippen molar-refractivity contribution >= 4 is 22.7 Å². The fourth-order valence-electron chi connectivity index (χ4n) is 5.61. The van der Waals surface area contributed by atoms with E-state index in [1.54, 1.807) is 43.6 Å². The number of aryl methyl sites for hydroxylation is 1. The minimum atomic E-state index is -0.390. The number of carbonyl (C=O) groups excluding carboxylic acids is 2. The van der Waals surface area contributed by atoms with Gasteiger partial charge < -0.3 is 14.5 Å². The highest BCUT2D eigenvalue weighted by Crippen LogP contribution is 2.51. The van der Waals surface area contributed by atoms with E-state index >= 15 is 0 Å². The molecule has 1 fully saturated rings. The summed E-state index contributed by atoms with van der Waals surface area (Å²) in [6.07, 6.45) is 3.77.